The summed E-state index contributed by atoms with van der Waals surface area (Å²) in [5, 5.41) is 12.1. The highest BCUT2D eigenvalue weighted by atomic mass is 19.1. The van der Waals surface area contributed by atoms with Crippen LogP contribution in [0, 0.1) is 29.0 Å². The Morgan fingerprint density at radius 1 is 1.16 bits per heavy atom. The molecule has 2 aliphatic rings. The van der Waals surface area contributed by atoms with Gasteiger partial charge in [0.25, 0.3) is 0 Å². The first kappa shape index (κ1) is 23.0. The van der Waals surface area contributed by atoms with E-state index in [0.717, 1.165) is 18.5 Å². The number of rotatable bonds is 7. The monoisotopic (exact) mass is 430 g/mol. The van der Waals surface area contributed by atoms with Crippen LogP contribution in [0.1, 0.15) is 32.1 Å². The summed E-state index contributed by atoms with van der Waals surface area (Å²) in [6, 6.07) is 7.89. The van der Waals surface area contributed by atoms with Gasteiger partial charge in [-0.15, -0.1) is 0 Å². The fraction of sp³-hybridized carbons (Fsp3) is 0.609. The first-order chi connectivity index (χ1) is 15.0. The Morgan fingerprint density at radius 2 is 1.81 bits per heavy atom. The topological polar surface area (TPSA) is 85.7 Å². The zero-order valence-corrected chi connectivity index (χ0v) is 18.1. The lowest BCUT2D eigenvalue weighted by atomic mass is 9.77. The molecule has 1 aromatic rings. The maximum Gasteiger partial charge on any atom is 0.226 e. The standard InChI is InChI=1S/C23H31FN4O3/c1-31-15-10-18(16-25)26-22(29)20-4-2-3-5-21(20)23(30)28-13-11-27(12-14-28)19-8-6-17(24)7-9-19/h6-9,18,20-21H,2-5,10-15H2,1H3,(H,26,29)/t18-,20?,21?/m0/s1. The van der Waals surface area contributed by atoms with Crippen LogP contribution < -0.4 is 10.2 Å². The van der Waals surface area contributed by atoms with Crippen LogP contribution in [0.5, 0.6) is 0 Å². The maximum atomic E-state index is 13.3. The Balaban J connectivity index is 1.58. The number of methoxy groups -OCH3 is 1. The first-order valence-electron chi connectivity index (χ1n) is 11.0. The van der Waals surface area contributed by atoms with Gasteiger partial charge in [-0.1, -0.05) is 12.8 Å². The predicted molar refractivity (Wildman–Crippen MR) is 115 cm³/mol. The third kappa shape index (κ3) is 5.95. The number of amides is 2. The first-order valence-corrected chi connectivity index (χ1v) is 11.0. The van der Waals surface area contributed by atoms with Crippen LogP contribution >= 0.6 is 0 Å². The third-order valence-corrected chi connectivity index (χ3v) is 6.29. The molecule has 2 fully saturated rings. The highest BCUT2D eigenvalue weighted by molar-refractivity contribution is 5.88. The molecule has 1 aromatic carbocycles. The molecule has 1 aliphatic heterocycles. The van der Waals surface area contributed by atoms with Crippen LogP contribution in [0.15, 0.2) is 24.3 Å². The van der Waals surface area contributed by atoms with Gasteiger partial charge in [0, 0.05) is 63.8 Å². The van der Waals surface area contributed by atoms with E-state index in [1.807, 2.05) is 4.90 Å². The highest BCUT2D eigenvalue weighted by Crippen LogP contribution is 2.32. The number of anilines is 1. The lowest BCUT2D eigenvalue weighted by Crippen LogP contribution is -2.53. The molecule has 1 N–H and O–H groups in total. The molecular formula is C23H31FN4O3. The number of nitrogens with one attached hydrogen (secondary N) is 1. The van der Waals surface area contributed by atoms with E-state index in [9.17, 15) is 19.2 Å². The van der Waals surface area contributed by atoms with Crippen LogP contribution in [0.4, 0.5) is 10.1 Å². The number of hydrogen-bond donors (Lipinski definition) is 1. The number of carbonyl (C=O) groups excluding carboxylic acids is 2. The largest absolute Gasteiger partial charge is 0.385 e. The maximum absolute atomic E-state index is 13.3. The van der Waals surface area contributed by atoms with Crippen LogP contribution in [-0.2, 0) is 14.3 Å². The molecule has 1 saturated heterocycles. The molecule has 8 heteroatoms. The zero-order chi connectivity index (χ0) is 22.2. The molecule has 1 heterocycles. The smallest absolute Gasteiger partial charge is 0.226 e. The minimum absolute atomic E-state index is 0.0315. The number of benzene rings is 1. The summed E-state index contributed by atoms with van der Waals surface area (Å²) in [6.45, 7) is 2.90. The van der Waals surface area contributed by atoms with Crippen LogP contribution in [-0.4, -0.2) is 62.7 Å². The molecule has 0 bridgehead atoms. The van der Waals surface area contributed by atoms with Gasteiger partial charge in [0.1, 0.15) is 11.9 Å². The molecule has 1 aliphatic carbocycles. The van der Waals surface area contributed by atoms with Crippen molar-refractivity contribution in [2.75, 3.05) is 44.8 Å². The number of hydrogen-bond acceptors (Lipinski definition) is 5. The average Bonchev–Trinajstić information content (AvgIpc) is 2.81. The van der Waals surface area contributed by atoms with E-state index in [4.69, 9.17) is 4.74 Å². The number of carbonyl (C=O) groups is 2. The minimum atomic E-state index is -0.607. The van der Waals surface area contributed by atoms with Crippen LogP contribution in [0.2, 0.25) is 0 Å². The van der Waals surface area contributed by atoms with Crippen molar-refractivity contribution in [3.8, 4) is 6.07 Å². The zero-order valence-electron chi connectivity index (χ0n) is 18.1. The van der Waals surface area contributed by atoms with Gasteiger partial charge in [0.05, 0.1) is 6.07 Å². The molecule has 2 amide bonds. The van der Waals surface area contributed by atoms with Crippen molar-refractivity contribution in [2.24, 2.45) is 11.8 Å². The van der Waals surface area contributed by atoms with Gasteiger partial charge in [-0.3, -0.25) is 9.59 Å². The summed E-state index contributed by atoms with van der Waals surface area (Å²) in [7, 11) is 1.56. The van der Waals surface area contributed by atoms with Crippen molar-refractivity contribution < 1.29 is 18.7 Å². The van der Waals surface area contributed by atoms with E-state index < -0.39 is 12.0 Å². The second kappa shape index (κ2) is 11.1. The second-order valence-corrected chi connectivity index (χ2v) is 8.26. The third-order valence-electron chi connectivity index (χ3n) is 6.29. The van der Waals surface area contributed by atoms with E-state index in [1.54, 1.807) is 19.2 Å². The molecule has 0 radical (unpaired) electrons. The lowest BCUT2D eigenvalue weighted by molar-refractivity contribution is -0.144. The minimum Gasteiger partial charge on any atom is -0.385 e. The fourth-order valence-electron chi connectivity index (χ4n) is 4.50. The van der Waals surface area contributed by atoms with Gasteiger partial charge in [-0.25, -0.2) is 4.39 Å². The number of piperazine rings is 1. The second-order valence-electron chi connectivity index (χ2n) is 8.26. The fourth-order valence-corrected chi connectivity index (χ4v) is 4.50. The molecular weight excluding hydrogens is 399 g/mol. The van der Waals surface area contributed by atoms with Crippen molar-refractivity contribution in [2.45, 2.75) is 38.1 Å². The molecule has 168 valence electrons. The van der Waals surface area contributed by atoms with Gasteiger partial charge in [-0.2, -0.15) is 5.26 Å². The molecule has 3 atom stereocenters. The van der Waals surface area contributed by atoms with Gasteiger partial charge < -0.3 is 19.9 Å². The Hall–Kier alpha value is -2.66. The molecule has 31 heavy (non-hydrogen) atoms. The normalized spacial score (nSPS) is 22.5. The SMILES string of the molecule is COCC[C@@H](C#N)NC(=O)C1CCCCC1C(=O)N1CCN(c2ccc(F)cc2)CC1. The van der Waals surface area contributed by atoms with Crippen molar-refractivity contribution in [1.82, 2.24) is 10.2 Å². The number of halogens is 1. The van der Waals surface area contributed by atoms with Gasteiger partial charge in [0.15, 0.2) is 0 Å². The van der Waals surface area contributed by atoms with Crippen LogP contribution in [0.25, 0.3) is 0 Å². The Bertz CT molecular complexity index is 787. The van der Waals surface area contributed by atoms with Gasteiger partial charge in [-0.05, 0) is 37.1 Å². The predicted octanol–water partition coefficient (Wildman–Crippen LogP) is 2.33. The van der Waals surface area contributed by atoms with Crippen molar-refractivity contribution >= 4 is 17.5 Å². The van der Waals surface area contributed by atoms with E-state index in [-0.39, 0.29) is 23.5 Å². The summed E-state index contributed by atoms with van der Waals surface area (Å²) in [5.41, 5.74) is 0.946. The summed E-state index contributed by atoms with van der Waals surface area (Å²) >= 11 is 0. The van der Waals surface area contributed by atoms with E-state index in [2.05, 4.69) is 16.3 Å². The molecule has 1 saturated carbocycles. The Labute approximate surface area is 183 Å². The summed E-state index contributed by atoms with van der Waals surface area (Å²) in [6.07, 6.45) is 3.64. The van der Waals surface area contributed by atoms with E-state index >= 15 is 0 Å². The highest BCUT2D eigenvalue weighted by Gasteiger charge is 2.39. The molecule has 0 aromatic heterocycles. The van der Waals surface area contributed by atoms with Crippen molar-refractivity contribution in [3.63, 3.8) is 0 Å². The molecule has 7 nitrogen and oxygen atoms in total. The molecule has 2 unspecified atom stereocenters. The number of nitrogens with zero attached hydrogens (tertiary/aromatic N) is 3. The van der Waals surface area contributed by atoms with Gasteiger partial charge >= 0.3 is 0 Å². The summed E-state index contributed by atoms with van der Waals surface area (Å²) in [4.78, 5) is 30.1. The Morgan fingerprint density at radius 3 is 2.42 bits per heavy atom. The average molecular weight is 431 g/mol. The summed E-state index contributed by atoms with van der Waals surface area (Å²) in [5.74, 6) is -1.17. The molecule has 0 spiro atoms. The van der Waals surface area contributed by atoms with Crippen LogP contribution in [0.3, 0.4) is 0 Å². The number of ether oxygens (including phenoxy) is 1. The van der Waals surface area contributed by atoms with Gasteiger partial charge in [0.2, 0.25) is 11.8 Å². The van der Waals surface area contributed by atoms with E-state index in [0.29, 0.717) is 52.0 Å². The Kier molecular flexibility index (Phi) is 8.24. The van der Waals surface area contributed by atoms with Crippen molar-refractivity contribution in [1.29, 1.82) is 5.26 Å². The summed E-state index contributed by atoms with van der Waals surface area (Å²) < 4.78 is 18.2. The molecule has 3 rings (SSSR count). The van der Waals surface area contributed by atoms with E-state index in [1.165, 1.54) is 12.1 Å². The lowest BCUT2D eigenvalue weighted by Gasteiger charge is -2.39. The number of nitriles is 1. The quantitative estimate of drug-likeness (QED) is 0.718. The van der Waals surface area contributed by atoms with Crippen molar-refractivity contribution in [3.05, 3.63) is 30.1 Å².